The van der Waals surface area contributed by atoms with Crippen LogP contribution in [0, 0.1) is 0 Å². The van der Waals surface area contributed by atoms with Crippen molar-refractivity contribution >= 4 is 43.5 Å². The smallest absolute Gasteiger partial charge is 0.341 e. The van der Waals surface area contributed by atoms with Gasteiger partial charge in [-0.15, -0.1) is 0 Å². The normalized spacial score (nSPS) is 10.3. The van der Waals surface area contributed by atoms with Gasteiger partial charge in [0.2, 0.25) is 0 Å². The summed E-state index contributed by atoms with van der Waals surface area (Å²) in [6, 6.07) is 13.5. The molecule has 3 N–H and O–H groups in total. The molecule has 2 aromatic carbocycles. The van der Waals surface area contributed by atoms with E-state index >= 15 is 0 Å². The van der Waals surface area contributed by atoms with Gasteiger partial charge in [-0.1, -0.05) is 18.2 Å². The zero-order chi connectivity index (χ0) is 15.9. The van der Waals surface area contributed by atoms with Crippen molar-refractivity contribution in [2.45, 2.75) is 6.54 Å². The molecule has 22 heavy (non-hydrogen) atoms. The van der Waals surface area contributed by atoms with Crippen LogP contribution in [0.3, 0.4) is 0 Å². The van der Waals surface area contributed by atoms with Crippen molar-refractivity contribution in [3.8, 4) is 5.75 Å². The summed E-state index contributed by atoms with van der Waals surface area (Å²) in [7, 11) is 0. The van der Waals surface area contributed by atoms with Crippen LogP contribution in [0.1, 0.15) is 5.56 Å². The average molecular weight is 430 g/mol. The predicted octanol–water partition coefficient (Wildman–Crippen LogP) is 3.79. The maximum atomic E-state index is 10.6. The zero-order valence-electron chi connectivity index (χ0n) is 11.5. The molecule has 0 amide bonds. The Balaban J connectivity index is 1.96. The second-order valence-electron chi connectivity index (χ2n) is 4.42. The summed E-state index contributed by atoms with van der Waals surface area (Å²) in [5.74, 6) is -0.543. The first kappa shape index (κ1) is 16.8. The van der Waals surface area contributed by atoms with Gasteiger partial charge in [0.05, 0.1) is 8.95 Å². The molecule has 0 unspecified atom stereocenters. The number of anilines is 1. The number of carbonyl (C=O) groups is 1. The van der Waals surface area contributed by atoms with Crippen LogP contribution in [0.4, 0.5) is 5.69 Å². The summed E-state index contributed by atoms with van der Waals surface area (Å²) in [6.07, 6.45) is 0. The molecular weight excluding hydrogens is 416 g/mol. The number of carboxylic acids is 1. The summed E-state index contributed by atoms with van der Waals surface area (Å²) in [6.45, 7) is 0.204. The van der Waals surface area contributed by atoms with Crippen molar-refractivity contribution in [3.05, 3.63) is 57.0 Å². The SMILES string of the molecule is O=C(O)COc1c(Br)cc(CNNc2ccccc2)cc1Br. The molecule has 0 saturated heterocycles. The second kappa shape index (κ2) is 8.17. The molecule has 116 valence electrons. The van der Waals surface area contributed by atoms with Gasteiger partial charge in [-0.25, -0.2) is 10.2 Å². The van der Waals surface area contributed by atoms with Crippen molar-refractivity contribution in [3.63, 3.8) is 0 Å². The van der Waals surface area contributed by atoms with Gasteiger partial charge in [0, 0.05) is 12.2 Å². The molecule has 5 nitrogen and oxygen atoms in total. The van der Waals surface area contributed by atoms with E-state index in [1.54, 1.807) is 0 Å². The Bertz CT molecular complexity index is 627. The van der Waals surface area contributed by atoms with Gasteiger partial charge in [0.1, 0.15) is 5.75 Å². The second-order valence-corrected chi connectivity index (χ2v) is 6.12. The van der Waals surface area contributed by atoms with Crippen molar-refractivity contribution in [1.82, 2.24) is 5.43 Å². The van der Waals surface area contributed by atoms with Gasteiger partial charge in [-0.2, -0.15) is 0 Å². The molecule has 0 fully saturated rings. The van der Waals surface area contributed by atoms with E-state index in [4.69, 9.17) is 9.84 Å². The number of hydrogen-bond donors (Lipinski definition) is 3. The lowest BCUT2D eigenvalue weighted by atomic mass is 10.2. The molecule has 2 rings (SSSR count). The number of nitrogens with one attached hydrogen (secondary N) is 2. The van der Waals surface area contributed by atoms with E-state index in [1.165, 1.54) is 0 Å². The Labute approximate surface area is 144 Å². The molecule has 0 saturated carbocycles. The predicted molar refractivity (Wildman–Crippen MR) is 91.9 cm³/mol. The third kappa shape index (κ3) is 5.01. The molecule has 0 aromatic heterocycles. The summed E-state index contributed by atoms with van der Waals surface area (Å²) >= 11 is 6.78. The van der Waals surface area contributed by atoms with Crippen LogP contribution in [0.25, 0.3) is 0 Å². The minimum atomic E-state index is -1.02. The first-order chi connectivity index (χ1) is 10.6. The molecule has 0 bridgehead atoms. The highest BCUT2D eigenvalue weighted by Crippen LogP contribution is 2.34. The van der Waals surface area contributed by atoms with Crippen molar-refractivity contribution in [2.24, 2.45) is 0 Å². The summed E-state index contributed by atoms with van der Waals surface area (Å²) in [5.41, 5.74) is 8.19. The van der Waals surface area contributed by atoms with Crippen molar-refractivity contribution in [1.29, 1.82) is 0 Å². The van der Waals surface area contributed by atoms with E-state index in [9.17, 15) is 4.79 Å². The van der Waals surface area contributed by atoms with E-state index in [0.717, 1.165) is 11.3 Å². The Kier molecular flexibility index (Phi) is 6.23. The van der Waals surface area contributed by atoms with Gasteiger partial charge in [-0.3, -0.25) is 0 Å². The molecule has 0 aliphatic carbocycles. The lowest BCUT2D eigenvalue weighted by Gasteiger charge is -2.12. The first-order valence-electron chi connectivity index (χ1n) is 6.42. The summed E-state index contributed by atoms with van der Waals surface area (Å²) < 4.78 is 6.62. The fourth-order valence-electron chi connectivity index (χ4n) is 1.76. The van der Waals surface area contributed by atoms with E-state index in [2.05, 4.69) is 42.7 Å². The molecule has 0 spiro atoms. The summed E-state index contributed by atoms with van der Waals surface area (Å²) in [5, 5.41) is 8.66. The molecule has 0 radical (unpaired) electrons. The summed E-state index contributed by atoms with van der Waals surface area (Å²) in [4.78, 5) is 10.6. The largest absolute Gasteiger partial charge is 0.480 e. The quantitative estimate of drug-likeness (QED) is 0.584. The highest BCUT2D eigenvalue weighted by Gasteiger charge is 2.10. The van der Waals surface area contributed by atoms with Crippen molar-refractivity contribution in [2.75, 3.05) is 12.0 Å². The van der Waals surface area contributed by atoms with E-state index in [0.29, 0.717) is 21.2 Å². The Morgan fingerprint density at radius 3 is 2.36 bits per heavy atom. The van der Waals surface area contributed by atoms with Crippen LogP contribution in [-0.2, 0) is 11.3 Å². The van der Waals surface area contributed by atoms with Crippen LogP contribution < -0.4 is 15.6 Å². The van der Waals surface area contributed by atoms with Crippen LogP contribution in [-0.4, -0.2) is 17.7 Å². The van der Waals surface area contributed by atoms with E-state index in [-0.39, 0.29) is 6.61 Å². The maximum absolute atomic E-state index is 10.6. The molecule has 2 aromatic rings. The molecule has 0 heterocycles. The Morgan fingerprint density at radius 2 is 1.77 bits per heavy atom. The van der Waals surface area contributed by atoms with Crippen LogP contribution in [0.15, 0.2) is 51.4 Å². The maximum Gasteiger partial charge on any atom is 0.341 e. The molecule has 7 heteroatoms. The standard InChI is InChI=1S/C15H14Br2N2O3/c16-12-6-10(7-13(17)15(12)22-9-14(20)21)8-18-19-11-4-2-1-3-5-11/h1-7,18-19H,8-9H2,(H,20,21). The number of carboxylic acid groups (broad SMARTS) is 1. The number of ether oxygens (including phenoxy) is 1. The molecule has 0 atom stereocenters. The zero-order valence-corrected chi connectivity index (χ0v) is 14.6. The van der Waals surface area contributed by atoms with Crippen LogP contribution >= 0.6 is 31.9 Å². The monoisotopic (exact) mass is 428 g/mol. The van der Waals surface area contributed by atoms with Gasteiger partial charge in [-0.05, 0) is 61.7 Å². The number of halogens is 2. The third-order valence-electron chi connectivity index (χ3n) is 2.70. The number of hydrogen-bond acceptors (Lipinski definition) is 4. The van der Waals surface area contributed by atoms with Gasteiger partial charge < -0.3 is 15.3 Å². The Morgan fingerprint density at radius 1 is 1.14 bits per heavy atom. The highest BCUT2D eigenvalue weighted by atomic mass is 79.9. The fourth-order valence-corrected chi connectivity index (χ4v) is 3.27. The number of rotatable bonds is 7. The number of para-hydroxylation sites is 1. The molecule has 0 aliphatic rings. The number of aliphatic carboxylic acids is 1. The lowest BCUT2D eigenvalue weighted by Crippen LogP contribution is -2.20. The number of benzene rings is 2. The van der Waals surface area contributed by atoms with Gasteiger partial charge >= 0.3 is 5.97 Å². The topological polar surface area (TPSA) is 70.6 Å². The van der Waals surface area contributed by atoms with Gasteiger partial charge in [0.15, 0.2) is 6.61 Å². The average Bonchev–Trinajstić information content (AvgIpc) is 2.47. The van der Waals surface area contributed by atoms with Crippen LogP contribution in [0.5, 0.6) is 5.75 Å². The molecular formula is C15H14Br2N2O3. The van der Waals surface area contributed by atoms with E-state index < -0.39 is 5.97 Å². The minimum Gasteiger partial charge on any atom is -0.480 e. The highest BCUT2D eigenvalue weighted by molar-refractivity contribution is 9.11. The van der Waals surface area contributed by atoms with Crippen molar-refractivity contribution < 1.29 is 14.6 Å². The Hall–Kier alpha value is -1.57. The minimum absolute atomic E-state index is 0.385. The van der Waals surface area contributed by atoms with Crippen LogP contribution in [0.2, 0.25) is 0 Å². The van der Waals surface area contributed by atoms with Gasteiger partial charge in [0.25, 0.3) is 0 Å². The van der Waals surface area contributed by atoms with E-state index in [1.807, 2.05) is 42.5 Å². The lowest BCUT2D eigenvalue weighted by molar-refractivity contribution is -0.139. The number of hydrazine groups is 1. The fraction of sp³-hybridized carbons (Fsp3) is 0.133. The first-order valence-corrected chi connectivity index (χ1v) is 8.01. The molecule has 0 aliphatic heterocycles. The third-order valence-corrected chi connectivity index (χ3v) is 3.88.